The lowest BCUT2D eigenvalue weighted by Crippen LogP contribution is -2.21. The number of nitrogens with one attached hydrogen (secondary N) is 1. The molecule has 4 rings (SSSR count). The number of rotatable bonds is 7. The fourth-order valence-corrected chi connectivity index (χ4v) is 4.53. The monoisotopic (exact) mass is 421 g/mol. The van der Waals surface area contributed by atoms with Gasteiger partial charge in [0.15, 0.2) is 4.34 Å². The highest BCUT2D eigenvalue weighted by Gasteiger charge is 2.32. The van der Waals surface area contributed by atoms with Crippen LogP contribution in [0.4, 0.5) is 10.8 Å². The van der Waals surface area contributed by atoms with Crippen molar-refractivity contribution in [3.8, 4) is 0 Å². The Morgan fingerprint density at radius 3 is 2.62 bits per heavy atom. The molecule has 0 saturated heterocycles. The average Bonchev–Trinajstić information content (AvgIpc) is 3.41. The van der Waals surface area contributed by atoms with Crippen LogP contribution in [0.2, 0.25) is 0 Å². The van der Waals surface area contributed by atoms with Gasteiger partial charge >= 0.3 is 0 Å². The smallest absolute Gasteiger partial charge is 0.273 e. The van der Waals surface area contributed by atoms with E-state index < -0.39 is 0 Å². The molecule has 146 valence electrons. The normalized spacial score (nSPS) is 15.8. The first-order chi connectivity index (χ1) is 14.2. The van der Waals surface area contributed by atoms with Gasteiger partial charge in [0.05, 0.1) is 11.7 Å². The molecule has 6 nitrogen and oxygen atoms in total. The van der Waals surface area contributed by atoms with E-state index in [1.165, 1.54) is 23.1 Å². The van der Waals surface area contributed by atoms with Crippen molar-refractivity contribution in [2.24, 2.45) is 5.10 Å². The summed E-state index contributed by atoms with van der Waals surface area (Å²) in [7, 11) is 0. The minimum Gasteiger partial charge on any atom is -0.295 e. The summed E-state index contributed by atoms with van der Waals surface area (Å²) < 4.78 is 0.793. The molecule has 1 amide bonds. The van der Waals surface area contributed by atoms with E-state index in [1.807, 2.05) is 53.5 Å². The number of hydrogen-bond acceptors (Lipinski definition) is 7. The van der Waals surface area contributed by atoms with E-state index in [4.69, 9.17) is 0 Å². The zero-order valence-corrected chi connectivity index (χ0v) is 17.2. The Balaban J connectivity index is 1.54. The summed E-state index contributed by atoms with van der Waals surface area (Å²) in [5, 5.41) is 18.0. The second-order valence-corrected chi connectivity index (χ2v) is 8.53. The maximum absolute atomic E-state index is 12.8. The lowest BCUT2D eigenvalue weighted by Gasteiger charge is -2.23. The van der Waals surface area contributed by atoms with Gasteiger partial charge < -0.3 is 0 Å². The van der Waals surface area contributed by atoms with Crippen LogP contribution in [0.1, 0.15) is 18.0 Å². The van der Waals surface area contributed by atoms with E-state index in [0.717, 1.165) is 21.3 Å². The molecule has 0 bridgehead atoms. The maximum Gasteiger partial charge on any atom is 0.273 e. The second-order valence-electron chi connectivity index (χ2n) is 6.28. The molecule has 0 radical (unpaired) electrons. The molecule has 3 aromatic rings. The third kappa shape index (κ3) is 4.55. The van der Waals surface area contributed by atoms with E-state index in [2.05, 4.69) is 39.3 Å². The summed E-state index contributed by atoms with van der Waals surface area (Å²) in [4.78, 5) is 12.8. The Bertz CT molecular complexity index is 1020. The molecule has 1 aromatic heterocycles. The van der Waals surface area contributed by atoms with Crippen molar-refractivity contribution in [2.45, 2.75) is 16.8 Å². The molecule has 2 heterocycles. The summed E-state index contributed by atoms with van der Waals surface area (Å²) in [5.41, 5.74) is 2.53. The molecule has 0 aliphatic carbocycles. The van der Waals surface area contributed by atoms with Gasteiger partial charge in [0.25, 0.3) is 5.91 Å². The van der Waals surface area contributed by atoms with Crippen LogP contribution < -0.4 is 10.3 Å². The van der Waals surface area contributed by atoms with E-state index in [-0.39, 0.29) is 11.9 Å². The molecule has 1 aliphatic heterocycles. The van der Waals surface area contributed by atoms with Crippen molar-refractivity contribution < 1.29 is 4.79 Å². The van der Waals surface area contributed by atoms with Crippen molar-refractivity contribution in [3.05, 3.63) is 78.9 Å². The SMILES string of the molecule is C=CCSc1nnc(NC(=O)C2=NN(c3ccccc3)[C@@H](c3ccccc3)C2)s1. The minimum absolute atomic E-state index is 0.0347. The fourth-order valence-electron chi connectivity index (χ4n) is 3.02. The second kappa shape index (κ2) is 9.02. The number of carbonyl (C=O) groups is 1. The third-order valence-electron chi connectivity index (χ3n) is 4.33. The average molecular weight is 422 g/mol. The van der Waals surface area contributed by atoms with Crippen molar-refractivity contribution in [1.29, 1.82) is 0 Å². The number of thioether (sulfide) groups is 1. The third-order valence-corrected chi connectivity index (χ3v) is 6.30. The number of hydrogen-bond donors (Lipinski definition) is 1. The van der Waals surface area contributed by atoms with Gasteiger partial charge in [0, 0.05) is 12.2 Å². The van der Waals surface area contributed by atoms with Crippen LogP contribution in [0, 0.1) is 0 Å². The van der Waals surface area contributed by atoms with Gasteiger partial charge in [-0.05, 0) is 17.7 Å². The highest BCUT2D eigenvalue weighted by atomic mass is 32.2. The van der Waals surface area contributed by atoms with Gasteiger partial charge in [0.1, 0.15) is 5.71 Å². The van der Waals surface area contributed by atoms with Gasteiger partial charge in [-0.2, -0.15) is 5.10 Å². The summed E-state index contributed by atoms with van der Waals surface area (Å²) in [6.45, 7) is 3.69. The zero-order valence-electron chi connectivity index (χ0n) is 15.6. The molecule has 1 atom stereocenters. The highest BCUT2D eigenvalue weighted by molar-refractivity contribution is 8.01. The zero-order chi connectivity index (χ0) is 20.1. The van der Waals surface area contributed by atoms with Crippen LogP contribution in [0.5, 0.6) is 0 Å². The molecule has 0 saturated carbocycles. The number of aromatic nitrogens is 2. The topological polar surface area (TPSA) is 70.5 Å². The van der Waals surface area contributed by atoms with Crippen molar-refractivity contribution in [2.75, 3.05) is 16.1 Å². The molecule has 0 fully saturated rings. The largest absolute Gasteiger partial charge is 0.295 e. The molecule has 8 heteroatoms. The summed E-state index contributed by atoms with van der Waals surface area (Å²) in [5.74, 6) is 0.501. The Hall–Kier alpha value is -2.97. The number of benzene rings is 2. The molecule has 2 aromatic carbocycles. The quantitative estimate of drug-likeness (QED) is 0.338. The van der Waals surface area contributed by atoms with Crippen molar-refractivity contribution >= 4 is 45.5 Å². The van der Waals surface area contributed by atoms with Gasteiger partial charge in [0.2, 0.25) is 5.13 Å². The number of para-hydroxylation sites is 1. The first kappa shape index (κ1) is 19.4. The minimum atomic E-state index is -0.249. The van der Waals surface area contributed by atoms with E-state index in [0.29, 0.717) is 17.3 Å². The van der Waals surface area contributed by atoms with Crippen LogP contribution in [-0.4, -0.2) is 27.6 Å². The van der Waals surface area contributed by atoms with Crippen LogP contribution in [-0.2, 0) is 4.79 Å². The lowest BCUT2D eigenvalue weighted by molar-refractivity contribution is -0.110. The predicted octanol–water partition coefficient (Wildman–Crippen LogP) is 4.76. The van der Waals surface area contributed by atoms with Crippen LogP contribution in [0.3, 0.4) is 0 Å². The maximum atomic E-state index is 12.8. The lowest BCUT2D eigenvalue weighted by atomic mass is 10.0. The summed E-state index contributed by atoms with van der Waals surface area (Å²) in [6.07, 6.45) is 2.32. The number of hydrazone groups is 1. The summed E-state index contributed by atoms with van der Waals surface area (Å²) >= 11 is 2.88. The molecule has 29 heavy (non-hydrogen) atoms. The molecule has 0 spiro atoms. The highest BCUT2D eigenvalue weighted by Crippen LogP contribution is 2.35. The van der Waals surface area contributed by atoms with Crippen molar-refractivity contribution in [1.82, 2.24) is 10.2 Å². The van der Waals surface area contributed by atoms with Crippen LogP contribution in [0.25, 0.3) is 0 Å². The Morgan fingerprint density at radius 2 is 1.90 bits per heavy atom. The predicted molar refractivity (Wildman–Crippen MR) is 120 cm³/mol. The number of anilines is 2. The van der Waals surface area contributed by atoms with E-state index in [9.17, 15) is 4.79 Å². The molecule has 1 aliphatic rings. The van der Waals surface area contributed by atoms with Gasteiger partial charge in [-0.25, -0.2) is 0 Å². The van der Waals surface area contributed by atoms with Gasteiger partial charge in [-0.15, -0.1) is 16.8 Å². The van der Waals surface area contributed by atoms with Gasteiger partial charge in [-0.1, -0.05) is 77.7 Å². The Kier molecular flexibility index (Phi) is 6.02. The van der Waals surface area contributed by atoms with E-state index >= 15 is 0 Å². The molecule has 1 N–H and O–H groups in total. The number of nitrogens with zero attached hydrogens (tertiary/aromatic N) is 4. The van der Waals surface area contributed by atoms with Gasteiger partial charge in [-0.3, -0.25) is 15.1 Å². The van der Waals surface area contributed by atoms with E-state index in [1.54, 1.807) is 6.08 Å². The van der Waals surface area contributed by atoms with Crippen LogP contribution >= 0.6 is 23.1 Å². The molecule has 0 unspecified atom stereocenters. The Labute approximate surface area is 177 Å². The Morgan fingerprint density at radius 1 is 1.17 bits per heavy atom. The number of amides is 1. The van der Waals surface area contributed by atoms with Crippen molar-refractivity contribution in [3.63, 3.8) is 0 Å². The number of carbonyl (C=O) groups excluding carboxylic acids is 1. The molecular formula is C21H19N5OS2. The fraction of sp³-hybridized carbons (Fsp3) is 0.143. The summed E-state index contributed by atoms with van der Waals surface area (Å²) in [6, 6.07) is 20.0. The standard InChI is InChI=1S/C21H19N5OS2/c1-2-13-28-21-24-23-20(29-21)22-19(27)17-14-18(15-9-5-3-6-10-15)26(25-17)16-11-7-4-8-12-16/h2-12,18H,1,13-14H2,(H,22,23,27)/t18-/m1/s1. The first-order valence-electron chi connectivity index (χ1n) is 9.10. The van der Waals surface area contributed by atoms with Crippen LogP contribution in [0.15, 0.2) is 82.8 Å². The molecular weight excluding hydrogens is 402 g/mol. The first-order valence-corrected chi connectivity index (χ1v) is 10.9.